The van der Waals surface area contributed by atoms with E-state index in [-0.39, 0.29) is 18.7 Å². The molecule has 0 aliphatic rings. The van der Waals surface area contributed by atoms with Crippen molar-refractivity contribution in [1.29, 1.82) is 0 Å². The maximum Gasteiger partial charge on any atom is 0.251 e. The number of nitrogens with one attached hydrogen (secondary N) is 1. The Morgan fingerprint density at radius 3 is 2.07 bits per heavy atom. The number of anilines is 1. The summed E-state index contributed by atoms with van der Waals surface area (Å²) >= 11 is 0. The molecule has 0 saturated carbocycles. The molecule has 8 heteroatoms. The zero-order valence-electron chi connectivity index (χ0n) is 15.2. The minimum Gasteiger partial charge on any atom is -0.497 e. The van der Waals surface area contributed by atoms with Crippen molar-refractivity contribution < 1.29 is 27.8 Å². The molecular weight excluding hydrogens is 358 g/mol. The Morgan fingerprint density at radius 2 is 1.59 bits per heavy atom. The first-order valence-electron chi connectivity index (χ1n) is 8.10. The Morgan fingerprint density at radius 1 is 1.04 bits per heavy atom. The lowest BCUT2D eigenvalue weighted by molar-refractivity contribution is -0.116. The highest BCUT2D eigenvalue weighted by Crippen LogP contribution is 2.24. The molecule has 0 aromatic heterocycles. The van der Waals surface area contributed by atoms with Gasteiger partial charge in [0.2, 0.25) is 5.91 Å². The van der Waals surface area contributed by atoms with E-state index < -0.39 is 29.1 Å². The third kappa shape index (κ3) is 4.93. The number of amides is 2. The van der Waals surface area contributed by atoms with E-state index in [0.717, 1.165) is 17.0 Å². The molecule has 0 fully saturated rings. The zero-order chi connectivity index (χ0) is 20.0. The number of para-hydroxylation sites is 1. The number of halogens is 2. The Hall–Kier alpha value is -3.16. The molecule has 0 spiro atoms. The summed E-state index contributed by atoms with van der Waals surface area (Å²) in [6.45, 7) is 1.09. The van der Waals surface area contributed by atoms with Crippen molar-refractivity contribution in [1.82, 2.24) is 5.32 Å². The number of methoxy groups -OCH3 is 2. The van der Waals surface area contributed by atoms with Gasteiger partial charge in [-0.05, 0) is 24.3 Å². The van der Waals surface area contributed by atoms with Crippen molar-refractivity contribution in [2.75, 3.05) is 32.2 Å². The number of ether oxygens (including phenoxy) is 2. The first-order chi connectivity index (χ1) is 12.9. The van der Waals surface area contributed by atoms with E-state index in [0.29, 0.717) is 11.5 Å². The number of hydrogen-bond donors (Lipinski definition) is 1. The van der Waals surface area contributed by atoms with Crippen LogP contribution in [-0.2, 0) is 4.79 Å². The Kier molecular flexibility index (Phi) is 6.70. The van der Waals surface area contributed by atoms with Gasteiger partial charge in [-0.2, -0.15) is 0 Å². The third-order valence-corrected chi connectivity index (χ3v) is 3.82. The van der Waals surface area contributed by atoms with Crippen LogP contribution in [0.5, 0.6) is 11.5 Å². The van der Waals surface area contributed by atoms with Gasteiger partial charge in [-0.3, -0.25) is 9.59 Å². The van der Waals surface area contributed by atoms with E-state index >= 15 is 0 Å². The summed E-state index contributed by atoms with van der Waals surface area (Å²) in [6.07, 6.45) is 0. The normalized spacial score (nSPS) is 10.3. The Bertz CT molecular complexity index is 800. The zero-order valence-corrected chi connectivity index (χ0v) is 15.2. The molecule has 2 aromatic carbocycles. The second-order valence-electron chi connectivity index (χ2n) is 5.60. The molecule has 2 amide bonds. The highest BCUT2D eigenvalue weighted by molar-refractivity contribution is 5.95. The number of nitrogens with zero attached hydrogens (tertiary/aromatic N) is 1. The van der Waals surface area contributed by atoms with Gasteiger partial charge in [0.25, 0.3) is 5.91 Å². The first kappa shape index (κ1) is 20.2. The number of benzene rings is 2. The molecule has 0 unspecified atom stereocenters. The topological polar surface area (TPSA) is 67.9 Å². The highest BCUT2D eigenvalue weighted by atomic mass is 19.1. The van der Waals surface area contributed by atoms with E-state index in [1.807, 2.05) is 0 Å². The molecule has 0 saturated heterocycles. The SMILES string of the molecule is COc1cc(OC)cc(C(=O)NCCN(C(C)=O)c2c(F)cccc2F)c1. The standard InChI is InChI=1S/C19H20F2N2O4/c1-12(24)23(18-16(20)5-4-6-17(18)21)8-7-22-19(25)13-9-14(26-2)11-15(10-13)27-3/h4-6,9-11H,7-8H2,1-3H3,(H,22,25). The minimum atomic E-state index is -0.853. The van der Waals surface area contributed by atoms with Crippen molar-refractivity contribution in [3.8, 4) is 11.5 Å². The molecule has 0 atom stereocenters. The predicted octanol–water partition coefficient (Wildman–Crippen LogP) is 2.76. The maximum absolute atomic E-state index is 13.9. The lowest BCUT2D eigenvalue weighted by Crippen LogP contribution is -2.38. The minimum absolute atomic E-state index is 0.00822. The summed E-state index contributed by atoms with van der Waals surface area (Å²) in [4.78, 5) is 25.1. The molecule has 0 bridgehead atoms. The maximum atomic E-state index is 13.9. The average molecular weight is 378 g/mol. The van der Waals surface area contributed by atoms with Crippen molar-refractivity contribution in [2.45, 2.75) is 6.92 Å². The van der Waals surface area contributed by atoms with Crippen molar-refractivity contribution in [3.05, 3.63) is 53.6 Å². The summed E-state index contributed by atoms with van der Waals surface area (Å²) < 4.78 is 38.1. The molecule has 144 valence electrons. The second kappa shape index (κ2) is 8.98. The van der Waals surface area contributed by atoms with Gasteiger partial charge >= 0.3 is 0 Å². The van der Waals surface area contributed by atoms with E-state index in [9.17, 15) is 18.4 Å². The van der Waals surface area contributed by atoms with Gasteiger partial charge in [0, 0.05) is 31.6 Å². The van der Waals surface area contributed by atoms with Crippen LogP contribution in [0.4, 0.5) is 14.5 Å². The van der Waals surface area contributed by atoms with Crippen LogP contribution in [-0.4, -0.2) is 39.1 Å². The molecule has 0 heterocycles. The summed E-state index contributed by atoms with van der Waals surface area (Å²) in [7, 11) is 2.92. The molecule has 27 heavy (non-hydrogen) atoms. The van der Waals surface area contributed by atoms with Gasteiger partial charge < -0.3 is 19.7 Å². The van der Waals surface area contributed by atoms with Crippen LogP contribution in [0.3, 0.4) is 0 Å². The van der Waals surface area contributed by atoms with Crippen LogP contribution in [0.2, 0.25) is 0 Å². The van der Waals surface area contributed by atoms with Crippen LogP contribution in [0.1, 0.15) is 17.3 Å². The summed E-state index contributed by atoms with van der Waals surface area (Å²) in [5, 5.41) is 2.61. The molecule has 0 radical (unpaired) electrons. The summed E-state index contributed by atoms with van der Waals surface area (Å²) in [5.74, 6) is -1.80. The molecule has 1 N–H and O–H groups in total. The lowest BCUT2D eigenvalue weighted by atomic mass is 10.2. The number of hydrogen-bond acceptors (Lipinski definition) is 4. The Labute approximate surface area is 155 Å². The van der Waals surface area contributed by atoms with Crippen molar-refractivity contribution >= 4 is 17.5 Å². The van der Waals surface area contributed by atoms with Gasteiger partial charge in [-0.1, -0.05) is 6.07 Å². The van der Waals surface area contributed by atoms with E-state index in [1.165, 1.54) is 39.3 Å². The Balaban J connectivity index is 2.09. The monoisotopic (exact) mass is 378 g/mol. The van der Waals surface area contributed by atoms with Crippen molar-refractivity contribution in [3.63, 3.8) is 0 Å². The summed E-state index contributed by atoms with van der Waals surface area (Å²) in [6, 6.07) is 8.01. The average Bonchev–Trinajstić information content (AvgIpc) is 2.65. The van der Waals surface area contributed by atoms with Crippen LogP contribution in [0.15, 0.2) is 36.4 Å². The molecule has 6 nitrogen and oxygen atoms in total. The van der Waals surface area contributed by atoms with Gasteiger partial charge in [0.05, 0.1) is 14.2 Å². The molecule has 2 aromatic rings. The van der Waals surface area contributed by atoms with Crippen LogP contribution in [0.25, 0.3) is 0 Å². The lowest BCUT2D eigenvalue weighted by Gasteiger charge is -2.22. The molecule has 2 rings (SSSR count). The molecule has 0 aliphatic heterocycles. The van der Waals surface area contributed by atoms with Crippen LogP contribution < -0.4 is 19.7 Å². The fourth-order valence-electron chi connectivity index (χ4n) is 2.50. The van der Waals surface area contributed by atoms with Gasteiger partial charge in [-0.25, -0.2) is 8.78 Å². The smallest absolute Gasteiger partial charge is 0.251 e. The van der Waals surface area contributed by atoms with Gasteiger partial charge in [0.15, 0.2) is 0 Å². The molecule has 0 aliphatic carbocycles. The number of carbonyl (C=O) groups excluding carboxylic acids is 2. The largest absolute Gasteiger partial charge is 0.497 e. The fourth-order valence-corrected chi connectivity index (χ4v) is 2.50. The highest BCUT2D eigenvalue weighted by Gasteiger charge is 2.20. The third-order valence-electron chi connectivity index (χ3n) is 3.82. The fraction of sp³-hybridized carbons (Fsp3) is 0.263. The van der Waals surface area contributed by atoms with E-state index in [2.05, 4.69) is 5.32 Å². The van der Waals surface area contributed by atoms with Gasteiger partial charge in [0.1, 0.15) is 28.8 Å². The quantitative estimate of drug-likeness (QED) is 0.805. The number of rotatable bonds is 7. The van der Waals surface area contributed by atoms with Crippen LogP contribution >= 0.6 is 0 Å². The van der Waals surface area contributed by atoms with Crippen LogP contribution in [0, 0.1) is 11.6 Å². The van der Waals surface area contributed by atoms with E-state index in [1.54, 1.807) is 6.07 Å². The number of carbonyl (C=O) groups is 2. The van der Waals surface area contributed by atoms with E-state index in [4.69, 9.17) is 9.47 Å². The molecular formula is C19H20F2N2O4. The predicted molar refractivity (Wildman–Crippen MR) is 96.3 cm³/mol. The second-order valence-corrected chi connectivity index (χ2v) is 5.60. The van der Waals surface area contributed by atoms with Gasteiger partial charge in [-0.15, -0.1) is 0 Å². The first-order valence-corrected chi connectivity index (χ1v) is 8.10. The summed E-state index contributed by atoms with van der Waals surface area (Å²) in [5.41, 5.74) is -0.153. The van der Waals surface area contributed by atoms with Crippen molar-refractivity contribution in [2.24, 2.45) is 0 Å².